The zero-order valence-corrected chi connectivity index (χ0v) is 7.55. The lowest BCUT2D eigenvalue weighted by Gasteiger charge is -2.10. The van der Waals surface area contributed by atoms with Crippen LogP contribution in [0.4, 0.5) is 0 Å². The Morgan fingerprint density at radius 1 is 1.62 bits per heavy atom. The average Bonchev–Trinajstić information content (AvgIpc) is 1.21. The molecule has 0 bridgehead atoms. The summed E-state index contributed by atoms with van der Waals surface area (Å²) < 4.78 is 0. The first-order chi connectivity index (χ1) is 3.42. The van der Waals surface area contributed by atoms with Gasteiger partial charge >= 0.3 is 0 Å². The summed E-state index contributed by atoms with van der Waals surface area (Å²) in [6, 6.07) is 1.04. The van der Waals surface area contributed by atoms with Crippen LogP contribution in [0.2, 0.25) is 19.1 Å². The Bertz CT molecular complexity index is 91.2. The Balaban J connectivity index is 3.55. The number of hydrogen-bond acceptors (Lipinski definition) is 0. The molecule has 0 radical (unpaired) electrons. The predicted molar refractivity (Wildman–Crippen MR) is 43.0 cm³/mol. The molecule has 0 N–H and O–H groups in total. The van der Waals surface area contributed by atoms with Gasteiger partial charge in [0.15, 0.2) is 7.38 Å². The van der Waals surface area contributed by atoms with Crippen LogP contribution in [0.3, 0.4) is 0 Å². The largest absolute Gasteiger partial charge is 0.167 e. The summed E-state index contributed by atoms with van der Waals surface area (Å²) >= 11 is 6.01. The molecule has 0 heterocycles. The van der Waals surface area contributed by atoms with Crippen molar-refractivity contribution < 1.29 is 0 Å². The predicted octanol–water partition coefficient (Wildman–Crippen LogP) is 3.01. The van der Waals surface area contributed by atoms with Crippen molar-refractivity contribution in [2.75, 3.05) is 0 Å². The maximum atomic E-state index is 6.01. The Kier molecular flexibility index (Phi) is 2.78. The van der Waals surface area contributed by atoms with Gasteiger partial charge in [-0.1, -0.05) is 18.7 Å². The van der Waals surface area contributed by atoms with Gasteiger partial charge in [0.05, 0.1) is 0 Å². The van der Waals surface area contributed by atoms with E-state index in [0.717, 1.165) is 6.04 Å². The van der Waals surface area contributed by atoms with Gasteiger partial charge in [0.1, 0.15) is 0 Å². The molecule has 0 atom stereocenters. The highest BCUT2D eigenvalue weighted by Gasteiger charge is 2.15. The molecule has 0 fully saturated rings. The summed E-state index contributed by atoms with van der Waals surface area (Å²) in [5.74, 6) is 0. The zero-order valence-electron chi connectivity index (χ0n) is 5.79. The summed E-state index contributed by atoms with van der Waals surface area (Å²) in [7, 11) is -1.35. The summed E-state index contributed by atoms with van der Waals surface area (Å²) in [4.78, 5) is 0. The minimum Gasteiger partial charge on any atom is -0.167 e. The van der Waals surface area contributed by atoms with E-state index >= 15 is 0 Å². The summed E-state index contributed by atoms with van der Waals surface area (Å²) in [6.07, 6.45) is 0. The van der Waals surface area contributed by atoms with E-state index in [0.29, 0.717) is 0 Å². The molecule has 0 aliphatic carbocycles. The monoisotopic (exact) mass is 148 g/mol. The van der Waals surface area contributed by atoms with Crippen LogP contribution >= 0.6 is 11.1 Å². The third-order valence-corrected chi connectivity index (χ3v) is 2.57. The molecule has 0 aromatic carbocycles. The van der Waals surface area contributed by atoms with Crippen molar-refractivity contribution in [1.29, 1.82) is 0 Å². The molecule has 8 heavy (non-hydrogen) atoms. The van der Waals surface area contributed by atoms with Gasteiger partial charge in [0.2, 0.25) is 0 Å². The van der Waals surface area contributed by atoms with Gasteiger partial charge in [-0.25, -0.2) is 0 Å². The first kappa shape index (κ1) is 8.25. The summed E-state index contributed by atoms with van der Waals surface area (Å²) in [5.41, 5.74) is 1.21. The number of allylic oxidation sites excluding steroid dienone is 1. The van der Waals surface area contributed by atoms with Crippen LogP contribution in [-0.2, 0) is 0 Å². The first-order valence-electron chi connectivity index (χ1n) is 2.75. The van der Waals surface area contributed by atoms with Crippen LogP contribution in [-0.4, -0.2) is 7.38 Å². The third-order valence-electron chi connectivity index (χ3n) is 0.722. The molecule has 0 aliphatic rings. The maximum absolute atomic E-state index is 6.01. The highest BCUT2D eigenvalue weighted by Crippen LogP contribution is 2.17. The van der Waals surface area contributed by atoms with E-state index in [1.165, 1.54) is 5.57 Å². The van der Waals surface area contributed by atoms with E-state index < -0.39 is 7.38 Å². The van der Waals surface area contributed by atoms with E-state index in [-0.39, 0.29) is 0 Å². The van der Waals surface area contributed by atoms with Crippen molar-refractivity contribution in [2.45, 2.75) is 26.1 Å². The molecular weight excluding hydrogens is 136 g/mol. The Morgan fingerprint density at radius 3 is 2.00 bits per heavy atom. The number of rotatable bonds is 2. The standard InChI is InChI=1S/C6H13ClSi/c1-6(2)5-8(3,4)7/h1,5H2,2-4H3. The fraction of sp³-hybridized carbons (Fsp3) is 0.667. The first-order valence-corrected chi connectivity index (χ1v) is 6.97. The smallest absolute Gasteiger partial charge is 0.154 e. The zero-order chi connectivity index (χ0) is 6.78. The van der Waals surface area contributed by atoms with E-state index in [2.05, 4.69) is 19.7 Å². The van der Waals surface area contributed by atoms with Gasteiger partial charge in [-0.05, 0) is 13.0 Å². The van der Waals surface area contributed by atoms with E-state index in [1.807, 2.05) is 6.92 Å². The van der Waals surface area contributed by atoms with Crippen molar-refractivity contribution >= 4 is 18.5 Å². The van der Waals surface area contributed by atoms with E-state index in [4.69, 9.17) is 11.1 Å². The van der Waals surface area contributed by atoms with Crippen LogP contribution in [0, 0.1) is 0 Å². The molecule has 48 valence electrons. The minimum atomic E-state index is -1.35. The maximum Gasteiger partial charge on any atom is 0.154 e. The molecule has 0 aromatic rings. The lowest BCUT2D eigenvalue weighted by atomic mass is 10.4. The molecule has 2 heteroatoms. The van der Waals surface area contributed by atoms with Crippen molar-refractivity contribution in [1.82, 2.24) is 0 Å². The molecule has 0 spiro atoms. The lowest BCUT2D eigenvalue weighted by molar-refractivity contribution is 1.36. The second-order valence-corrected chi connectivity index (χ2v) is 9.71. The second kappa shape index (κ2) is 2.69. The molecule has 0 aliphatic heterocycles. The molecule has 0 saturated carbocycles. The molecular formula is C6H13ClSi. The Morgan fingerprint density at radius 2 is 2.00 bits per heavy atom. The quantitative estimate of drug-likeness (QED) is 0.321. The lowest BCUT2D eigenvalue weighted by Crippen LogP contribution is -2.15. The fourth-order valence-electron chi connectivity index (χ4n) is 0.718. The van der Waals surface area contributed by atoms with Gasteiger partial charge in [0.25, 0.3) is 0 Å². The van der Waals surface area contributed by atoms with Crippen molar-refractivity contribution in [2.24, 2.45) is 0 Å². The second-order valence-electron chi connectivity index (χ2n) is 2.85. The number of halogens is 1. The Hall–Kier alpha value is 0.247. The fourth-order valence-corrected chi connectivity index (χ4v) is 2.84. The highest BCUT2D eigenvalue weighted by molar-refractivity contribution is 7.19. The molecule has 0 amide bonds. The third kappa shape index (κ3) is 6.25. The highest BCUT2D eigenvalue weighted by atomic mass is 35.6. The van der Waals surface area contributed by atoms with Gasteiger partial charge in [0, 0.05) is 0 Å². The van der Waals surface area contributed by atoms with Crippen molar-refractivity contribution in [3.8, 4) is 0 Å². The Labute approximate surface area is 57.3 Å². The average molecular weight is 149 g/mol. The van der Waals surface area contributed by atoms with Gasteiger partial charge < -0.3 is 0 Å². The van der Waals surface area contributed by atoms with Gasteiger partial charge in [-0.2, -0.15) is 11.1 Å². The van der Waals surface area contributed by atoms with Crippen molar-refractivity contribution in [3.63, 3.8) is 0 Å². The molecule has 0 rings (SSSR count). The summed E-state index contributed by atoms with van der Waals surface area (Å²) in [5, 5.41) is 0. The normalized spacial score (nSPS) is 11.5. The van der Waals surface area contributed by atoms with Crippen LogP contribution in [0.1, 0.15) is 6.92 Å². The number of hydrogen-bond donors (Lipinski definition) is 0. The molecule has 0 saturated heterocycles. The molecule has 0 aromatic heterocycles. The van der Waals surface area contributed by atoms with Gasteiger partial charge in [-0.15, -0.1) is 6.58 Å². The van der Waals surface area contributed by atoms with E-state index in [1.54, 1.807) is 0 Å². The van der Waals surface area contributed by atoms with Crippen LogP contribution in [0.5, 0.6) is 0 Å². The molecule has 0 nitrogen and oxygen atoms in total. The van der Waals surface area contributed by atoms with Crippen LogP contribution in [0.25, 0.3) is 0 Å². The topological polar surface area (TPSA) is 0 Å². The summed E-state index contributed by atoms with van der Waals surface area (Å²) in [6.45, 7) is 10.1. The van der Waals surface area contributed by atoms with E-state index in [9.17, 15) is 0 Å². The van der Waals surface area contributed by atoms with Crippen LogP contribution < -0.4 is 0 Å². The molecule has 0 unspecified atom stereocenters. The van der Waals surface area contributed by atoms with Crippen molar-refractivity contribution in [3.05, 3.63) is 12.2 Å². The SMILES string of the molecule is C=C(C)C[Si](C)(C)Cl. The van der Waals surface area contributed by atoms with Gasteiger partial charge in [-0.3, -0.25) is 0 Å². The van der Waals surface area contributed by atoms with Crippen LogP contribution in [0.15, 0.2) is 12.2 Å². The minimum absolute atomic E-state index is 1.04.